The summed E-state index contributed by atoms with van der Waals surface area (Å²) in [5.74, 6) is -0.611. The van der Waals surface area contributed by atoms with Gasteiger partial charge >= 0.3 is 0 Å². The Bertz CT molecular complexity index is 393. The summed E-state index contributed by atoms with van der Waals surface area (Å²) in [6.45, 7) is 3.27. The van der Waals surface area contributed by atoms with E-state index < -0.39 is 43.2 Å². The Hall–Kier alpha value is -1.26. The summed E-state index contributed by atoms with van der Waals surface area (Å²) >= 11 is 0. The van der Waals surface area contributed by atoms with Crippen LogP contribution >= 0.6 is 0 Å². The van der Waals surface area contributed by atoms with Gasteiger partial charge in [0.05, 0.1) is 19.6 Å². The average molecular weight is 334 g/mol. The molecular weight excluding hydrogens is 308 g/mol. The molecule has 5 N–H and O–H groups in total. The summed E-state index contributed by atoms with van der Waals surface area (Å²) in [7, 11) is 0. The van der Waals surface area contributed by atoms with Crippen LogP contribution in [0, 0.1) is 0 Å². The molecule has 0 aromatic rings. The third kappa shape index (κ3) is 6.04. The van der Waals surface area contributed by atoms with E-state index in [1.165, 1.54) is 6.92 Å². The van der Waals surface area contributed by atoms with Crippen molar-refractivity contribution in [2.24, 2.45) is 0 Å². The predicted octanol–water partition coefficient (Wildman–Crippen LogP) is -2.14. The van der Waals surface area contributed by atoms with Gasteiger partial charge in [-0.15, -0.1) is 0 Å². The first-order valence-electron chi connectivity index (χ1n) is 7.68. The van der Waals surface area contributed by atoms with Crippen LogP contribution < -0.4 is 10.6 Å². The molecular formula is C14H26N2O7. The lowest BCUT2D eigenvalue weighted by molar-refractivity contribution is -0.269. The molecule has 1 aliphatic heterocycles. The van der Waals surface area contributed by atoms with E-state index in [4.69, 9.17) is 9.47 Å². The molecule has 2 amide bonds. The van der Waals surface area contributed by atoms with Crippen molar-refractivity contribution in [2.45, 2.75) is 57.3 Å². The molecule has 1 aliphatic rings. The zero-order valence-electron chi connectivity index (χ0n) is 13.4. The monoisotopic (exact) mass is 334 g/mol. The highest BCUT2D eigenvalue weighted by molar-refractivity contribution is 5.75. The average Bonchev–Trinajstić information content (AvgIpc) is 2.51. The van der Waals surface area contributed by atoms with Crippen LogP contribution in [-0.2, 0) is 19.1 Å². The second kappa shape index (κ2) is 9.78. The topological polar surface area (TPSA) is 137 Å². The SMILES string of the molecule is CCCNC(=O)CCO[C@@H]1OC(CO)[C@H](O)[C@H](O)C1NC(C)=O. The van der Waals surface area contributed by atoms with Crippen molar-refractivity contribution in [1.29, 1.82) is 0 Å². The quantitative estimate of drug-likeness (QED) is 0.342. The van der Waals surface area contributed by atoms with E-state index >= 15 is 0 Å². The minimum absolute atomic E-state index is 0.0112. The van der Waals surface area contributed by atoms with Gasteiger partial charge in [0.1, 0.15) is 24.4 Å². The largest absolute Gasteiger partial charge is 0.394 e. The number of carbonyl (C=O) groups is 2. The fraction of sp³-hybridized carbons (Fsp3) is 0.857. The fourth-order valence-electron chi connectivity index (χ4n) is 2.23. The van der Waals surface area contributed by atoms with Crippen LogP contribution in [0.1, 0.15) is 26.7 Å². The van der Waals surface area contributed by atoms with Crippen molar-refractivity contribution in [2.75, 3.05) is 19.8 Å². The molecule has 1 saturated heterocycles. The van der Waals surface area contributed by atoms with Crippen molar-refractivity contribution in [1.82, 2.24) is 10.6 Å². The third-order valence-electron chi connectivity index (χ3n) is 3.43. The van der Waals surface area contributed by atoms with Gasteiger partial charge in [-0.05, 0) is 6.42 Å². The van der Waals surface area contributed by atoms with Gasteiger partial charge in [0.15, 0.2) is 6.29 Å². The number of ether oxygens (including phenoxy) is 2. The number of nitrogens with one attached hydrogen (secondary N) is 2. The Morgan fingerprint density at radius 1 is 1.26 bits per heavy atom. The molecule has 23 heavy (non-hydrogen) atoms. The van der Waals surface area contributed by atoms with Gasteiger partial charge in [-0.25, -0.2) is 0 Å². The van der Waals surface area contributed by atoms with Crippen molar-refractivity contribution >= 4 is 11.8 Å². The number of rotatable bonds is 8. The molecule has 0 spiro atoms. The van der Waals surface area contributed by atoms with Crippen molar-refractivity contribution in [3.05, 3.63) is 0 Å². The lowest BCUT2D eigenvalue weighted by Crippen LogP contribution is -2.64. The molecule has 134 valence electrons. The fourth-order valence-corrected chi connectivity index (χ4v) is 2.23. The van der Waals surface area contributed by atoms with E-state index in [1.807, 2.05) is 6.92 Å². The number of hydrogen-bond donors (Lipinski definition) is 5. The number of carbonyl (C=O) groups excluding carboxylic acids is 2. The summed E-state index contributed by atoms with van der Waals surface area (Å²) in [6.07, 6.45) is -3.91. The first-order chi connectivity index (χ1) is 10.9. The third-order valence-corrected chi connectivity index (χ3v) is 3.43. The van der Waals surface area contributed by atoms with E-state index in [2.05, 4.69) is 10.6 Å². The van der Waals surface area contributed by atoms with Crippen LogP contribution in [0.25, 0.3) is 0 Å². The number of amides is 2. The Balaban J connectivity index is 2.59. The zero-order valence-corrected chi connectivity index (χ0v) is 13.4. The maximum absolute atomic E-state index is 11.5. The predicted molar refractivity (Wildman–Crippen MR) is 79.2 cm³/mol. The number of hydrogen-bond acceptors (Lipinski definition) is 7. The highest BCUT2D eigenvalue weighted by Crippen LogP contribution is 2.22. The van der Waals surface area contributed by atoms with Crippen LogP contribution in [-0.4, -0.2) is 77.5 Å². The molecule has 0 aromatic carbocycles. The standard InChI is InChI=1S/C14H26N2O7/c1-3-5-15-10(19)4-6-22-14-11(16-8(2)18)13(21)12(20)9(7-17)23-14/h9,11-14,17,20-21H,3-7H2,1-2H3,(H,15,19)(H,16,18)/t9?,11?,12-,13+,14+/m0/s1. The summed E-state index contributed by atoms with van der Waals surface area (Å²) in [6, 6.07) is -0.996. The molecule has 2 unspecified atom stereocenters. The molecule has 9 nitrogen and oxygen atoms in total. The second-order valence-corrected chi connectivity index (χ2v) is 5.40. The summed E-state index contributed by atoms with van der Waals surface area (Å²) in [4.78, 5) is 22.7. The Morgan fingerprint density at radius 3 is 2.52 bits per heavy atom. The van der Waals surface area contributed by atoms with E-state index in [0.717, 1.165) is 6.42 Å². The lowest BCUT2D eigenvalue weighted by atomic mass is 9.97. The second-order valence-electron chi connectivity index (χ2n) is 5.40. The van der Waals surface area contributed by atoms with Gasteiger partial charge in [0.2, 0.25) is 11.8 Å². The molecule has 5 atom stereocenters. The van der Waals surface area contributed by atoms with Crippen LogP contribution in [0.5, 0.6) is 0 Å². The Morgan fingerprint density at radius 2 is 1.96 bits per heavy atom. The molecule has 1 rings (SSSR count). The highest BCUT2D eigenvalue weighted by Gasteiger charge is 2.45. The van der Waals surface area contributed by atoms with Gasteiger partial charge in [-0.2, -0.15) is 0 Å². The smallest absolute Gasteiger partial charge is 0.222 e. The zero-order chi connectivity index (χ0) is 17.4. The summed E-state index contributed by atoms with van der Waals surface area (Å²) < 4.78 is 10.8. The molecule has 9 heteroatoms. The van der Waals surface area contributed by atoms with Crippen LogP contribution in [0.15, 0.2) is 0 Å². The molecule has 0 saturated carbocycles. The number of aliphatic hydroxyl groups excluding tert-OH is 3. The molecule has 1 fully saturated rings. The van der Waals surface area contributed by atoms with Crippen LogP contribution in [0.3, 0.4) is 0 Å². The molecule has 1 heterocycles. The highest BCUT2D eigenvalue weighted by atomic mass is 16.7. The summed E-state index contributed by atoms with van der Waals surface area (Å²) in [5.41, 5.74) is 0. The van der Waals surface area contributed by atoms with Crippen LogP contribution in [0.2, 0.25) is 0 Å². The van der Waals surface area contributed by atoms with Gasteiger partial charge in [0, 0.05) is 13.5 Å². The van der Waals surface area contributed by atoms with Gasteiger partial charge < -0.3 is 35.4 Å². The number of aliphatic hydroxyl groups is 3. The van der Waals surface area contributed by atoms with E-state index in [9.17, 15) is 24.9 Å². The Labute approximate surface area is 135 Å². The first kappa shape index (κ1) is 19.8. The summed E-state index contributed by atoms with van der Waals surface area (Å²) in [5, 5.41) is 34.2. The molecule has 0 bridgehead atoms. The maximum Gasteiger partial charge on any atom is 0.222 e. The van der Waals surface area contributed by atoms with Crippen molar-refractivity contribution in [3.8, 4) is 0 Å². The van der Waals surface area contributed by atoms with Crippen LogP contribution in [0.4, 0.5) is 0 Å². The van der Waals surface area contributed by atoms with E-state index in [-0.39, 0.29) is 18.9 Å². The normalized spacial score (nSPS) is 30.7. The minimum atomic E-state index is -1.36. The lowest BCUT2D eigenvalue weighted by Gasteiger charge is -2.42. The van der Waals surface area contributed by atoms with Gasteiger partial charge in [-0.1, -0.05) is 6.92 Å². The van der Waals surface area contributed by atoms with Crippen molar-refractivity contribution < 1.29 is 34.4 Å². The van der Waals surface area contributed by atoms with E-state index in [0.29, 0.717) is 6.54 Å². The van der Waals surface area contributed by atoms with Crippen molar-refractivity contribution in [3.63, 3.8) is 0 Å². The molecule has 0 aromatic heterocycles. The first-order valence-corrected chi connectivity index (χ1v) is 7.68. The molecule has 0 aliphatic carbocycles. The minimum Gasteiger partial charge on any atom is -0.394 e. The molecule has 0 radical (unpaired) electrons. The van der Waals surface area contributed by atoms with Gasteiger partial charge in [-0.3, -0.25) is 9.59 Å². The maximum atomic E-state index is 11.5. The van der Waals surface area contributed by atoms with Gasteiger partial charge in [0.25, 0.3) is 0 Å². The van der Waals surface area contributed by atoms with E-state index in [1.54, 1.807) is 0 Å². The Kier molecular flexibility index (Phi) is 8.42.